The third kappa shape index (κ3) is 4.65. The molecule has 5 nitrogen and oxygen atoms in total. The Kier molecular flexibility index (Phi) is 5.26. The van der Waals surface area contributed by atoms with Crippen LogP contribution in [-0.4, -0.2) is 26.6 Å². The number of hydrogen-bond donors (Lipinski definition) is 1. The number of rotatable bonds is 3. The lowest BCUT2D eigenvalue weighted by atomic mass is 10.1. The highest BCUT2D eigenvalue weighted by Gasteiger charge is 2.37. The average Bonchev–Trinajstić information content (AvgIpc) is 2.82. The Bertz CT molecular complexity index is 701. The zero-order chi connectivity index (χ0) is 17.2. The molecule has 2 rings (SSSR count). The number of hydrogen-bond acceptors (Lipinski definition) is 4. The van der Waals surface area contributed by atoms with Crippen LogP contribution < -0.4 is 10.9 Å². The molecule has 1 aliphatic heterocycles. The van der Waals surface area contributed by atoms with Crippen LogP contribution in [0.5, 0.6) is 0 Å². The molecule has 124 valence electrons. The Balaban J connectivity index is 2.09. The van der Waals surface area contributed by atoms with E-state index in [-0.39, 0.29) is 12.1 Å². The van der Waals surface area contributed by atoms with E-state index in [0.717, 1.165) is 24.0 Å². The van der Waals surface area contributed by atoms with Crippen molar-refractivity contribution in [3.05, 3.63) is 28.7 Å². The van der Waals surface area contributed by atoms with Crippen LogP contribution in [0.15, 0.2) is 23.1 Å². The maximum atomic E-state index is 12.4. The van der Waals surface area contributed by atoms with Crippen LogP contribution in [0.1, 0.15) is 6.42 Å². The van der Waals surface area contributed by atoms with Crippen LogP contribution in [0.4, 0.5) is 18.9 Å². The fourth-order valence-electron chi connectivity index (χ4n) is 2.07. The number of alkyl halides is 4. The van der Waals surface area contributed by atoms with Gasteiger partial charge in [0.15, 0.2) is 0 Å². The highest BCUT2D eigenvalue weighted by atomic mass is 35.5. The summed E-state index contributed by atoms with van der Waals surface area (Å²) in [6.07, 6.45) is -3.34. The lowest BCUT2D eigenvalue weighted by molar-refractivity contribution is -0.141. The normalized spacial score (nSPS) is 24.2. The first-order valence-corrected chi connectivity index (χ1v) is 7.85. The minimum Gasteiger partial charge on any atom is -0.324 e. The molecule has 3 atom stereocenters. The molecule has 10 heteroatoms. The number of thioether (sulfide) groups is 1. The lowest BCUT2D eigenvalue weighted by Gasteiger charge is -2.13. The number of pyridine rings is 1. The largest absolute Gasteiger partial charge is 0.406 e. The molecule has 0 spiro atoms. The number of carbonyl (C=O) groups excluding carboxylic acids is 1. The molecular formula is C13H11ClF3N3O2S. The van der Waals surface area contributed by atoms with E-state index in [1.807, 2.05) is 6.07 Å². The Labute approximate surface area is 138 Å². The quantitative estimate of drug-likeness (QED) is 0.835. The highest BCUT2D eigenvalue weighted by Crippen LogP contribution is 2.40. The van der Waals surface area contributed by atoms with E-state index in [0.29, 0.717) is 4.57 Å². The van der Waals surface area contributed by atoms with E-state index in [4.69, 9.17) is 16.9 Å². The van der Waals surface area contributed by atoms with Gasteiger partial charge in [-0.05, 0) is 12.5 Å². The van der Waals surface area contributed by atoms with Gasteiger partial charge in [-0.1, -0.05) is 0 Å². The van der Waals surface area contributed by atoms with E-state index in [1.165, 1.54) is 6.07 Å². The van der Waals surface area contributed by atoms with E-state index in [9.17, 15) is 22.8 Å². The van der Waals surface area contributed by atoms with Gasteiger partial charge in [0.25, 0.3) is 5.56 Å². The van der Waals surface area contributed by atoms with Gasteiger partial charge in [-0.3, -0.25) is 9.59 Å². The number of amides is 1. The van der Waals surface area contributed by atoms with E-state index in [1.54, 1.807) is 0 Å². The van der Waals surface area contributed by atoms with Gasteiger partial charge in [-0.2, -0.15) is 18.4 Å². The van der Waals surface area contributed by atoms with Crippen LogP contribution in [0.2, 0.25) is 0 Å². The summed E-state index contributed by atoms with van der Waals surface area (Å²) in [7, 11) is 0. The smallest absolute Gasteiger partial charge is 0.324 e. The molecule has 0 saturated carbocycles. The predicted molar refractivity (Wildman–Crippen MR) is 80.1 cm³/mol. The van der Waals surface area contributed by atoms with Crippen LogP contribution in [-0.2, 0) is 11.3 Å². The molecule has 0 radical (unpaired) electrons. The molecule has 2 heterocycles. The molecule has 0 aromatic carbocycles. The lowest BCUT2D eigenvalue weighted by Crippen LogP contribution is -2.29. The second-order valence-corrected chi connectivity index (χ2v) is 7.01. The molecule has 1 saturated heterocycles. The van der Waals surface area contributed by atoms with Crippen LogP contribution in [0.25, 0.3) is 0 Å². The SMILES string of the molecule is N#CC1CC(C(=O)Nc2ccc(=O)n(CC(F)(F)F)c2)SC1Cl. The summed E-state index contributed by atoms with van der Waals surface area (Å²) in [5.74, 6) is -0.924. The van der Waals surface area contributed by atoms with Crippen molar-refractivity contribution in [1.82, 2.24) is 4.57 Å². The van der Waals surface area contributed by atoms with Gasteiger partial charge in [0.1, 0.15) is 6.54 Å². The van der Waals surface area contributed by atoms with Gasteiger partial charge < -0.3 is 9.88 Å². The van der Waals surface area contributed by atoms with Crippen molar-refractivity contribution in [3.8, 4) is 6.07 Å². The molecule has 1 aromatic heterocycles. The van der Waals surface area contributed by atoms with Crippen molar-refractivity contribution >= 4 is 35.0 Å². The van der Waals surface area contributed by atoms with Crippen molar-refractivity contribution in [2.45, 2.75) is 29.1 Å². The van der Waals surface area contributed by atoms with Crippen molar-refractivity contribution in [2.75, 3.05) is 5.32 Å². The Morgan fingerprint density at radius 1 is 1.52 bits per heavy atom. The third-order valence-corrected chi connectivity index (χ3v) is 5.07. The number of anilines is 1. The molecular weight excluding hydrogens is 355 g/mol. The summed E-state index contributed by atoms with van der Waals surface area (Å²) in [5.41, 5.74) is -0.744. The molecule has 3 unspecified atom stereocenters. The van der Waals surface area contributed by atoms with Gasteiger partial charge >= 0.3 is 6.18 Å². The fourth-order valence-corrected chi connectivity index (χ4v) is 3.78. The summed E-state index contributed by atoms with van der Waals surface area (Å²) in [6, 6.07) is 4.18. The molecule has 1 fully saturated rings. The second kappa shape index (κ2) is 6.84. The minimum absolute atomic E-state index is 0.0750. The Hall–Kier alpha value is -1.66. The van der Waals surface area contributed by atoms with Crippen molar-refractivity contribution in [1.29, 1.82) is 5.26 Å². The fraction of sp³-hybridized carbons (Fsp3) is 0.462. The van der Waals surface area contributed by atoms with E-state index >= 15 is 0 Å². The first-order valence-electron chi connectivity index (χ1n) is 6.47. The number of halogens is 4. The molecule has 1 N–H and O–H groups in total. The standard InChI is InChI=1S/C13H11ClF3N3O2S/c14-11-7(4-18)3-9(23-11)12(22)19-8-1-2-10(21)20(5-8)6-13(15,16)17/h1-2,5,7,9,11H,3,6H2,(H,19,22). The van der Waals surface area contributed by atoms with Crippen molar-refractivity contribution in [2.24, 2.45) is 5.92 Å². The van der Waals surface area contributed by atoms with Gasteiger partial charge in [-0.25, -0.2) is 0 Å². The molecule has 1 aromatic rings. The molecule has 0 bridgehead atoms. The molecule has 0 aliphatic carbocycles. The van der Waals surface area contributed by atoms with E-state index in [2.05, 4.69) is 5.32 Å². The minimum atomic E-state index is -4.54. The van der Waals surface area contributed by atoms with Gasteiger partial charge in [-0.15, -0.1) is 23.4 Å². The number of nitrogens with zero attached hydrogens (tertiary/aromatic N) is 2. The highest BCUT2D eigenvalue weighted by molar-refractivity contribution is 8.02. The summed E-state index contributed by atoms with van der Waals surface area (Å²) in [5, 5.41) is 10.8. The third-order valence-electron chi connectivity index (χ3n) is 3.14. The second-order valence-electron chi connectivity index (χ2n) is 4.94. The number of nitriles is 1. The number of carbonyl (C=O) groups is 1. The average molecular weight is 366 g/mol. The van der Waals surface area contributed by atoms with Crippen molar-refractivity contribution < 1.29 is 18.0 Å². The van der Waals surface area contributed by atoms with Gasteiger partial charge in [0, 0.05) is 12.3 Å². The summed E-state index contributed by atoms with van der Waals surface area (Å²) in [4.78, 5) is 23.5. The molecule has 1 amide bonds. The topological polar surface area (TPSA) is 74.9 Å². The van der Waals surface area contributed by atoms with Crippen LogP contribution in [0.3, 0.4) is 0 Å². The summed E-state index contributed by atoms with van der Waals surface area (Å²) < 4.78 is 37.1. The van der Waals surface area contributed by atoms with Gasteiger partial charge in [0.2, 0.25) is 5.91 Å². The molecule has 23 heavy (non-hydrogen) atoms. The summed E-state index contributed by atoms with van der Waals surface area (Å²) >= 11 is 7.05. The van der Waals surface area contributed by atoms with Crippen LogP contribution >= 0.6 is 23.4 Å². The molecule has 1 aliphatic rings. The van der Waals surface area contributed by atoms with Crippen LogP contribution in [0, 0.1) is 17.2 Å². The number of nitrogens with one attached hydrogen (secondary N) is 1. The Morgan fingerprint density at radius 2 is 2.22 bits per heavy atom. The number of aromatic nitrogens is 1. The zero-order valence-corrected chi connectivity index (χ0v) is 13.1. The first kappa shape index (κ1) is 17.7. The first-order chi connectivity index (χ1) is 10.7. The van der Waals surface area contributed by atoms with Gasteiger partial charge in [0.05, 0.1) is 27.6 Å². The zero-order valence-electron chi connectivity index (χ0n) is 11.5. The van der Waals surface area contributed by atoms with Crippen molar-refractivity contribution in [3.63, 3.8) is 0 Å². The summed E-state index contributed by atoms with van der Waals surface area (Å²) in [6.45, 7) is -1.44. The maximum Gasteiger partial charge on any atom is 0.406 e. The monoisotopic (exact) mass is 365 g/mol. The maximum absolute atomic E-state index is 12.4. The predicted octanol–water partition coefficient (Wildman–Crippen LogP) is 2.56. The Morgan fingerprint density at radius 3 is 2.78 bits per heavy atom. The van der Waals surface area contributed by atoms with E-state index < -0.39 is 40.1 Å².